The SMILES string of the molecule is CCCN(C(=O)c1ccc(S(N)(=O)=O)cc1C)C(C)C. The Morgan fingerprint density at radius 3 is 2.35 bits per heavy atom. The first-order valence-corrected chi connectivity index (χ1v) is 8.17. The van der Waals surface area contributed by atoms with Crippen LogP contribution in [0.1, 0.15) is 43.1 Å². The molecule has 6 heteroatoms. The van der Waals surface area contributed by atoms with Crippen LogP contribution in [0.4, 0.5) is 0 Å². The first-order chi connectivity index (χ1) is 9.18. The van der Waals surface area contributed by atoms with E-state index in [1.165, 1.54) is 18.2 Å². The molecule has 0 atom stereocenters. The number of hydrogen-bond acceptors (Lipinski definition) is 3. The molecule has 0 fully saturated rings. The van der Waals surface area contributed by atoms with Gasteiger partial charge < -0.3 is 4.90 Å². The molecule has 0 saturated heterocycles. The molecular weight excluding hydrogens is 276 g/mol. The maximum absolute atomic E-state index is 12.5. The van der Waals surface area contributed by atoms with Crippen molar-refractivity contribution >= 4 is 15.9 Å². The molecular formula is C14H22N2O3S. The van der Waals surface area contributed by atoms with Gasteiger partial charge in [-0.2, -0.15) is 0 Å². The monoisotopic (exact) mass is 298 g/mol. The van der Waals surface area contributed by atoms with Gasteiger partial charge in [-0.05, 0) is 51.0 Å². The molecule has 0 aliphatic rings. The van der Waals surface area contributed by atoms with Gasteiger partial charge in [0.25, 0.3) is 5.91 Å². The van der Waals surface area contributed by atoms with Crippen molar-refractivity contribution in [1.29, 1.82) is 0 Å². The Bertz CT molecular complexity index is 594. The molecule has 1 aromatic carbocycles. The highest BCUT2D eigenvalue weighted by molar-refractivity contribution is 7.89. The molecule has 5 nitrogen and oxygen atoms in total. The van der Waals surface area contributed by atoms with Crippen molar-refractivity contribution < 1.29 is 13.2 Å². The van der Waals surface area contributed by atoms with E-state index in [9.17, 15) is 13.2 Å². The van der Waals surface area contributed by atoms with Crippen LogP contribution >= 0.6 is 0 Å². The molecule has 0 radical (unpaired) electrons. The number of hydrogen-bond donors (Lipinski definition) is 1. The van der Waals surface area contributed by atoms with E-state index in [1.807, 2.05) is 20.8 Å². The van der Waals surface area contributed by atoms with Crippen LogP contribution in [0.5, 0.6) is 0 Å². The molecule has 1 rings (SSSR count). The predicted molar refractivity (Wildman–Crippen MR) is 79.0 cm³/mol. The number of benzene rings is 1. The van der Waals surface area contributed by atoms with Gasteiger partial charge in [-0.1, -0.05) is 6.92 Å². The Kier molecular flexibility index (Phi) is 5.30. The largest absolute Gasteiger partial charge is 0.336 e. The van der Waals surface area contributed by atoms with Crippen LogP contribution in [-0.2, 0) is 10.0 Å². The van der Waals surface area contributed by atoms with E-state index in [4.69, 9.17) is 5.14 Å². The highest BCUT2D eigenvalue weighted by Crippen LogP contribution is 2.17. The maximum atomic E-state index is 12.5. The van der Waals surface area contributed by atoms with Crippen LogP contribution in [0.25, 0.3) is 0 Å². The van der Waals surface area contributed by atoms with E-state index in [2.05, 4.69) is 0 Å². The zero-order chi connectivity index (χ0) is 15.5. The van der Waals surface area contributed by atoms with Crippen molar-refractivity contribution in [1.82, 2.24) is 4.90 Å². The van der Waals surface area contributed by atoms with E-state index in [0.29, 0.717) is 17.7 Å². The number of carbonyl (C=O) groups excluding carboxylic acids is 1. The van der Waals surface area contributed by atoms with Gasteiger partial charge in [0, 0.05) is 18.2 Å². The first kappa shape index (κ1) is 16.7. The third-order valence-corrected chi connectivity index (χ3v) is 4.02. The fraction of sp³-hybridized carbons (Fsp3) is 0.500. The summed E-state index contributed by atoms with van der Waals surface area (Å²) in [4.78, 5) is 14.3. The summed E-state index contributed by atoms with van der Waals surface area (Å²) in [6, 6.07) is 4.44. The molecule has 0 aliphatic carbocycles. The summed E-state index contributed by atoms with van der Waals surface area (Å²) in [5.41, 5.74) is 1.13. The molecule has 0 aromatic heterocycles. The summed E-state index contributed by atoms with van der Waals surface area (Å²) in [5, 5.41) is 5.08. The molecule has 0 unspecified atom stereocenters. The van der Waals surface area contributed by atoms with Crippen LogP contribution in [0.15, 0.2) is 23.1 Å². The lowest BCUT2D eigenvalue weighted by atomic mass is 10.1. The molecule has 1 amide bonds. The van der Waals surface area contributed by atoms with E-state index in [0.717, 1.165) is 6.42 Å². The first-order valence-electron chi connectivity index (χ1n) is 6.63. The number of carbonyl (C=O) groups is 1. The fourth-order valence-corrected chi connectivity index (χ4v) is 2.64. The predicted octanol–water partition coefficient (Wildman–Crippen LogP) is 1.90. The molecule has 0 aliphatic heterocycles. The van der Waals surface area contributed by atoms with Gasteiger partial charge in [0.05, 0.1) is 4.90 Å². The molecule has 0 spiro atoms. The number of amides is 1. The standard InChI is InChI=1S/C14H22N2O3S/c1-5-8-16(10(2)3)14(17)13-7-6-12(9-11(13)4)20(15,18)19/h6-7,9-10H,5,8H2,1-4H3,(H2,15,18,19). The minimum atomic E-state index is -3.74. The van der Waals surface area contributed by atoms with Crippen LogP contribution < -0.4 is 5.14 Å². The molecule has 112 valence electrons. The Hall–Kier alpha value is -1.40. The van der Waals surface area contributed by atoms with Crippen molar-refractivity contribution in [3.63, 3.8) is 0 Å². The zero-order valence-corrected chi connectivity index (χ0v) is 13.2. The zero-order valence-electron chi connectivity index (χ0n) is 12.4. The van der Waals surface area contributed by atoms with E-state index in [-0.39, 0.29) is 16.8 Å². The molecule has 0 heterocycles. The highest BCUT2D eigenvalue weighted by Gasteiger charge is 2.20. The summed E-state index contributed by atoms with van der Waals surface area (Å²) < 4.78 is 22.6. The summed E-state index contributed by atoms with van der Waals surface area (Å²) in [7, 11) is -3.74. The van der Waals surface area contributed by atoms with Crippen LogP contribution in [0, 0.1) is 6.92 Å². The Morgan fingerprint density at radius 1 is 1.35 bits per heavy atom. The Morgan fingerprint density at radius 2 is 1.95 bits per heavy atom. The molecule has 2 N–H and O–H groups in total. The van der Waals surface area contributed by atoms with Crippen molar-refractivity contribution in [2.75, 3.05) is 6.54 Å². The summed E-state index contributed by atoms with van der Waals surface area (Å²) in [5.74, 6) is -0.0830. The molecule has 0 saturated carbocycles. The van der Waals surface area contributed by atoms with Gasteiger partial charge in [-0.25, -0.2) is 13.6 Å². The highest BCUT2D eigenvalue weighted by atomic mass is 32.2. The summed E-state index contributed by atoms with van der Waals surface area (Å²) in [6.07, 6.45) is 0.873. The van der Waals surface area contributed by atoms with Gasteiger partial charge in [0.15, 0.2) is 0 Å². The van der Waals surface area contributed by atoms with Gasteiger partial charge in [-0.3, -0.25) is 4.79 Å². The van der Waals surface area contributed by atoms with Crippen molar-refractivity contribution in [2.45, 2.75) is 45.1 Å². The number of nitrogens with two attached hydrogens (primary N) is 1. The van der Waals surface area contributed by atoms with E-state index >= 15 is 0 Å². The van der Waals surface area contributed by atoms with Crippen LogP contribution in [-0.4, -0.2) is 31.8 Å². The summed E-state index contributed by atoms with van der Waals surface area (Å²) >= 11 is 0. The van der Waals surface area contributed by atoms with Crippen molar-refractivity contribution in [3.05, 3.63) is 29.3 Å². The number of nitrogens with zero attached hydrogens (tertiary/aromatic N) is 1. The average Bonchev–Trinajstić information content (AvgIpc) is 2.33. The topological polar surface area (TPSA) is 80.5 Å². The lowest BCUT2D eigenvalue weighted by molar-refractivity contribution is 0.0705. The van der Waals surface area contributed by atoms with E-state index < -0.39 is 10.0 Å². The van der Waals surface area contributed by atoms with Crippen LogP contribution in [0.3, 0.4) is 0 Å². The van der Waals surface area contributed by atoms with Gasteiger partial charge in [-0.15, -0.1) is 0 Å². The smallest absolute Gasteiger partial charge is 0.254 e. The quantitative estimate of drug-likeness (QED) is 0.901. The maximum Gasteiger partial charge on any atom is 0.254 e. The van der Waals surface area contributed by atoms with Gasteiger partial charge in [0.2, 0.25) is 10.0 Å². The molecule has 0 bridgehead atoms. The lowest BCUT2D eigenvalue weighted by Gasteiger charge is -2.27. The Labute approximate surface area is 120 Å². The minimum absolute atomic E-state index is 0.0261. The summed E-state index contributed by atoms with van der Waals surface area (Å²) in [6.45, 7) is 8.32. The van der Waals surface area contributed by atoms with Crippen LogP contribution in [0.2, 0.25) is 0 Å². The minimum Gasteiger partial charge on any atom is -0.336 e. The van der Waals surface area contributed by atoms with Crippen molar-refractivity contribution in [3.8, 4) is 0 Å². The second-order valence-corrected chi connectivity index (χ2v) is 6.68. The normalized spacial score (nSPS) is 11.7. The molecule has 1 aromatic rings. The average molecular weight is 298 g/mol. The number of aryl methyl sites for hydroxylation is 1. The number of sulfonamides is 1. The second kappa shape index (κ2) is 6.37. The molecule has 20 heavy (non-hydrogen) atoms. The fourth-order valence-electron chi connectivity index (χ4n) is 2.04. The van der Waals surface area contributed by atoms with E-state index in [1.54, 1.807) is 11.8 Å². The number of primary sulfonamides is 1. The lowest BCUT2D eigenvalue weighted by Crippen LogP contribution is -2.37. The number of rotatable bonds is 5. The van der Waals surface area contributed by atoms with Gasteiger partial charge >= 0.3 is 0 Å². The van der Waals surface area contributed by atoms with Crippen molar-refractivity contribution in [2.24, 2.45) is 5.14 Å². The third kappa shape index (κ3) is 3.80. The Balaban J connectivity index is 3.17. The van der Waals surface area contributed by atoms with Gasteiger partial charge in [0.1, 0.15) is 0 Å². The third-order valence-electron chi connectivity index (χ3n) is 3.11. The second-order valence-electron chi connectivity index (χ2n) is 5.11.